The zero-order valence-corrected chi connectivity index (χ0v) is 12.8. The van der Waals surface area contributed by atoms with E-state index < -0.39 is 4.92 Å². The van der Waals surface area contributed by atoms with E-state index in [4.69, 9.17) is 0 Å². The first kappa shape index (κ1) is 15.2. The largest absolute Gasteiger partial charge is 0.366 e. The second kappa shape index (κ2) is 7.04. The number of aromatic nitrogens is 2. The summed E-state index contributed by atoms with van der Waals surface area (Å²) in [6.07, 6.45) is 5.26. The molecular formula is C16H19N5O2. The van der Waals surface area contributed by atoms with Crippen molar-refractivity contribution in [2.75, 3.05) is 23.3 Å². The standard InChI is InChI=1S/C16H19N5O2/c22-21(23)14-6-4-13(5-7-14)11-17-15-10-16(19-12-18-15)20-8-2-1-3-9-20/h4-7,10,12H,1-3,8-9,11H2,(H,17,18,19). The van der Waals surface area contributed by atoms with Gasteiger partial charge >= 0.3 is 0 Å². The molecule has 0 saturated carbocycles. The molecule has 0 atom stereocenters. The van der Waals surface area contributed by atoms with Gasteiger partial charge in [-0.2, -0.15) is 0 Å². The topological polar surface area (TPSA) is 84.2 Å². The van der Waals surface area contributed by atoms with E-state index in [1.165, 1.54) is 31.4 Å². The van der Waals surface area contributed by atoms with Gasteiger partial charge in [-0.3, -0.25) is 10.1 Å². The fourth-order valence-corrected chi connectivity index (χ4v) is 2.67. The molecule has 0 amide bonds. The van der Waals surface area contributed by atoms with Gasteiger partial charge in [0.05, 0.1) is 4.92 Å². The van der Waals surface area contributed by atoms with Crippen LogP contribution in [0.15, 0.2) is 36.7 Å². The Hall–Kier alpha value is -2.70. The van der Waals surface area contributed by atoms with Crippen LogP contribution in [0.5, 0.6) is 0 Å². The van der Waals surface area contributed by atoms with Gasteiger partial charge in [0.25, 0.3) is 5.69 Å². The number of nitrogens with zero attached hydrogens (tertiary/aromatic N) is 4. The van der Waals surface area contributed by atoms with E-state index in [2.05, 4.69) is 20.2 Å². The maximum Gasteiger partial charge on any atom is 0.269 e. The number of hydrogen-bond donors (Lipinski definition) is 1. The molecular weight excluding hydrogens is 294 g/mol. The maximum atomic E-state index is 10.6. The third-order valence-corrected chi connectivity index (χ3v) is 3.95. The summed E-state index contributed by atoms with van der Waals surface area (Å²) in [4.78, 5) is 21.1. The Kier molecular flexibility index (Phi) is 4.65. The summed E-state index contributed by atoms with van der Waals surface area (Å²) in [6.45, 7) is 2.64. The zero-order valence-electron chi connectivity index (χ0n) is 12.8. The van der Waals surface area contributed by atoms with Crippen LogP contribution in [0.25, 0.3) is 0 Å². The van der Waals surface area contributed by atoms with Crippen molar-refractivity contribution in [2.24, 2.45) is 0 Å². The lowest BCUT2D eigenvalue weighted by Gasteiger charge is -2.27. The van der Waals surface area contributed by atoms with Gasteiger partial charge in [-0.1, -0.05) is 12.1 Å². The number of non-ortho nitro benzene ring substituents is 1. The molecule has 3 rings (SSSR count). The number of benzene rings is 1. The van der Waals surface area contributed by atoms with E-state index in [1.54, 1.807) is 18.5 Å². The smallest absolute Gasteiger partial charge is 0.269 e. The summed E-state index contributed by atoms with van der Waals surface area (Å²) in [5.41, 5.74) is 1.07. The number of nitro groups is 1. The highest BCUT2D eigenvalue weighted by Crippen LogP contribution is 2.19. The summed E-state index contributed by atoms with van der Waals surface area (Å²) >= 11 is 0. The summed E-state index contributed by atoms with van der Waals surface area (Å²) in [5.74, 6) is 1.71. The summed E-state index contributed by atoms with van der Waals surface area (Å²) in [5, 5.41) is 13.9. The third kappa shape index (κ3) is 3.94. The molecule has 120 valence electrons. The van der Waals surface area contributed by atoms with Crippen LogP contribution >= 0.6 is 0 Å². The van der Waals surface area contributed by atoms with Crippen molar-refractivity contribution < 1.29 is 4.92 Å². The highest BCUT2D eigenvalue weighted by molar-refractivity contribution is 5.49. The predicted molar refractivity (Wildman–Crippen MR) is 88.5 cm³/mol. The Labute approximate surface area is 134 Å². The molecule has 1 aromatic carbocycles. The number of rotatable bonds is 5. The lowest BCUT2D eigenvalue weighted by atomic mass is 10.1. The molecule has 1 aliphatic heterocycles. The maximum absolute atomic E-state index is 10.6. The van der Waals surface area contributed by atoms with Crippen molar-refractivity contribution in [3.05, 3.63) is 52.3 Å². The number of anilines is 2. The second-order valence-corrected chi connectivity index (χ2v) is 5.59. The Bertz CT molecular complexity index is 668. The molecule has 0 unspecified atom stereocenters. The minimum atomic E-state index is -0.396. The van der Waals surface area contributed by atoms with Crippen molar-refractivity contribution >= 4 is 17.3 Å². The molecule has 1 fully saturated rings. The second-order valence-electron chi connectivity index (χ2n) is 5.59. The highest BCUT2D eigenvalue weighted by atomic mass is 16.6. The van der Waals surface area contributed by atoms with E-state index in [9.17, 15) is 10.1 Å². The Morgan fingerprint density at radius 3 is 2.57 bits per heavy atom. The van der Waals surface area contributed by atoms with Crippen LogP contribution in [-0.4, -0.2) is 28.0 Å². The van der Waals surface area contributed by atoms with Crippen LogP contribution in [0.1, 0.15) is 24.8 Å². The van der Waals surface area contributed by atoms with Crippen LogP contribution in [0.4, 0.5) is 17.3 Å². The molecule has 0 bridgehead atoms. The lowest BCUT2D eigenvalue weighted by molar-refractivity contribution is -0.384. The van der Waals surface area contributed by atoms with Crippen molar-refractivity contribution in [1.82, 2.24) is 9.97 Å². The number of piperidine rings is 1. The molecule has 7 heteroatoms. The van der Waals surface area contributed by atoms with Gasteiger partial charge in [0.1, 0.15) is 18.0 Å². The van der Waals surface area contributed by atoms with Crippen LogP contribution in [0.3, 0.4) is 0 Å². The number of nitrogens with one attached hydrogen (secondary N) is 1. The molecule has 1 N–H and O–H groups in total. The van der Waals surface area contributed by atoms with E-state index in [1.807, 2.05) is 6.07 Å². The van der Waals surface area contributed by atoms with Crippen molar-refractivity contribution in [2.45, 2.75) is 25.8 Å². The fourth-order valence-electron chi connectivity index (χ4n) is 2.67. The molecule has 7 nitrogen and oxygen atoms in total. The molecule has 0 radical (unpaired) electrons. The zero-order chi connectivity index (χ0) is 16.1. The first-order valence-corrected chi connectivity index (χ1v) is 7.76. The Morgan fingerprint density at radius 1 is 1.13 bits per heavy atom. The van der Waals surface area contributed by atoms with E-state index in [-0.39, 0.29) is 5.69 Å². The Morgan fingerprint density at radius 2 is 1.87 bits per heavy atom. The quantitative estimate of drug-likeness (QED) is 0.675. The first-order valence-electron chi connectivity index (χ1n) is 7.76. The van der Waals surface area contributed by atoms with Gasteiger partial charge in [0, 0.05) is 37.8 Å². The van der Waals surface area contributed by atoms with Gasteiger partial charge in [0.2, 0.25) is 0 Å². The first-order chi connectivity index (χ1) is 11.2. The molecule has 0 spiro atoms. The van der Waals surface area contributed by atoms with Crippen molar-refractivity contribution in [1.29, 1.82) is 0 Å². The highest BCUT2D eigenvalue weighted by Gasteiger charge is 2.12. The van der Waals surface area contributed by atoms with Gasteiger partial charge in [-0.15, -0.1) is 0 Å². The van der Waals surface area contributed by atoms with Crippen LogP contribution in [0, 0.1) is 10.1 Å². The van der Waals surface area contributed by atoms with E-state index in [0.717, 1.165) is 30.3 Å². The fraction of sp³-hybridized carbons (Fsp3) is 0.375. The SMILES string of the molecule is O=[N+]([O-])c1ccc(CNc2cc(N3CCCCC3)ncn2)cc1. The van der Waals surface area contributed by atoms with Crippen LogP contribution in [-0.2, 0) is 6.54 Å². The van der Waals surface area contributed by atoms with Gasteiger partial charge in [-0.25, -0.2) is 9.97 Å². The Balaban J connectivity index is 1.62. The number of nitro benzene ring substituents is 1. The van der Waals surface area contributed by atoms with E-state index >= 15 is 0 Å². The molecule has 23 heavy (non-hydrogen) atoms. The van der Waals surface area contributed by atoms with Gasteiger partial charge in [0.15, 0.2) is 0 Å². The van der Waals surface area contributed by atoms with Crippen molar-refractivity contribution in [3.63, 3.8) is 0 Å². The molecule has 1 saturated heterocycles. The average Bonchev–Trinajstić information content (AvgIpc) is 2.61. The van der Waals surface area contributed by atoms with Crippen LogP contribution in [0.2, 0.25) is 0 Å². The summed E-state index contributed by atoms with van der Waals surface area (Å²) < 4.78 is 0. The monoisotopic (exact) mass is 313 g/mol. The minimum absolute atomic E-state index is 0.100. The number of hydrogen-bond acceptors (Lipinski definition) is 6. The van der Waals surface area contributed by atoms with Gasteiger partial charge < -0.3 is 10.2 Å². The summed E-state index contributed by atoms with van der Waals surface area (Å²) in [7, 11) is 0. The van der Waals surface area contributed by atoms with Gasteiger partial charge in [-0.05, 0) is 24.8 Å². The molecule has 2 aromatic rings. The molecule has 1 aromatic heterocycles. The van der Waals surface area contributed by atoms with Crippen molar-refractivity contribution in [3.8, 4) is 0 Å². The normalized spacial score (nSPS) is 14.5. The van der Waals surface area contributed by atoms with Crippen LogP contribution < -0.4 is 10.2 Å². The molecule has 0 aliphatic carbocycles. The van der Waals surface area contributed by atoms with E-state index in [0.29, 0.717) is 6.54 Å². The molecule has 2 heterocycles. The predicted octanol–water partition coefficient (Wildman–Crippen LogP) is 2.99. The summed E-state index contributed by atoms with van der Waals surface area (Å²) in [6, 6.07) is 8.47. The minimum Gasteiger partial charge on any atom is -0.366 e. The third-order valence-electron chi connectivity index (χ3n) is 3.95. The average molecular weight is 313 g/mol. The molecule has 1 aliphatic rings. The lowest BCUT2D eigenvalue weighted by Crippen LogP contribution is -2.30.